The van der Waals surface area contributed by atoms with Crippen LogP contribution in [0, 0.1) is 13.8 Å². The largest absolute Gasteiger partial charge is 0.497 e. The van der Waals surface area contributed by atoms with E-state index >= 15 is 0 Å². The molecule has 3 N–H and O–H groups in total. The first-order chi connectivity index (χ1) is 14.0. The Labute approximate surface area is 169 Å². The lowest BCUT2D eigenvalue weighted by Gasteiger charge is -2.15. The SMILES string of the molecule is COc1cccc(C(=O)NNC(=O)c2ccccc2Nc2ccc(C)cc2C)c1. The Morgan fingerprint density at radius 3 is 2.31 bits per heavy atom. The van der Waals surface area contributed by atoms with Crippen LogP contribution in [0.2, 0.25) is 0 Å². The molecule has 0 heterocycles. The van der Waals surface area contributed by atoms with E-state index in [1.165, 1.54) is 12.7 Å². The molecule has 0 aliphatic heterocycles. The van der Waals surface area contributed by atoms with Gasteiger partial charge in [0.1, 0.15) is 5.75 Å². The normalized spacial score (nSPS) is 10.2. The summed E-state index contributed by atoms with van der Waals surface area (Å²) >= 11 is 0. The number of methoxy groups -OCH3 is 1. The van der Waals surface area contributed by atoms with Crippen LogP contribution in [0.3, 0.4) is 0 Å². The molecule has 0 spiro atoms. The van der Waals surface area contributed by atoms with Gasteiger partial charge in [-0.15, -0.1) is 0 Å². The van der Waals surface area contributed by atoms with Gasteiger partial charge in [0.05, 0.1) is 18.4 Å². The van der Waals surface area contributed by atoms with Gasteiger partial charge < -0.3 is 10.1 Å². The predicted molar refractivity (Wildman–Crippen MR) is 114 cm³/mol. The Bertz CT molecular complexity index is 1050. The molecule has 0 radical (unpaired) electrons. The van der Waals surface area contributed by atoms with Crippen LogP contribution in [0.15, 0.2) is 66.7 Å². The fraction of sp³-hybridized carbons (Fsp3) is 0.130. The minimum atomic E-state index is -0.433. The van der Waals surface area contributed by atoms with Gasteiger partial charge in [0, 0.05) is 11.3 Å². The molecule has 0 saturated carbocycles. The topological polar surface area (TPSA) is 79.5 Å². The number of benzene rings is 3. The van der Waals surface area contributed by atoms with E-state index in [0.717, 1.165) is 11.3 Å². The predicted octanol–water partition coefficient (Wildman–Crippen LogP) is 4.13. The van der Waals surface area contributed by atoms with Crippen LogP contribution >= 0.6 is 0 Å². The lowest BCUT2D eigenvalue weighted by atomic mass is 10.1. The number of ether oxygens (including phenoxy) is 1. The van der Waals surface area contributed by atoms with Gasteiger partial charge in [0.2, 0.25) is 0 Å². The van der Waals surface area contributed by atoms with E-state index in [9.17, 15) is 9.59 Å². The van der Waals surface area contributed by atoms with Crippen LogP contribution in [-0.4, -0.2) is 18.9 Å². The molecule has 3 aromatic carbocycles. The second-order valence-corrected chi connectivity index (χ2v) is 6.63. The van der Waals surface area contributed by atoms with E-state index in [1.54, 1.807) is 36.4 Å². The highest BCUT2D eigenvalue weighted by atomic mass is 16.5. The lowest BCUT2D eigenvalue weighted by molar-refractivity contribution is 0.0847. The Morgan fingerprint density at radius 2 is 1.55 bits per heavy atom. The summed E-state index contributed by atoms with van der Waals surface area (Å²) < 4.78 is 5.11. The molecule has 0 unspecified atom stereocenters. The highest BCUT2D eigenvalue weighted by Crippen LogP contribution is 2.24. The number of amides is 2. The highest BCUT2D eigenvalue weighted by Gasteiger charge is 2.14. The molecule has 148 valence electrons. The van der Waals surface area contributed by atoms with Gasteiger partial charge in [0.25, 0.3) is 11.8 Å². The molecular weight excluding hydrogens is 366 g/mol. The molecule has 6 heteroatoms. The number of nitrogens with one attached hydrogen (secondary N) is 3. The molecule has 0 atom stereocenters. The summed E-state index contributed by atoms with van der Waals surface area (Å²) in [5.74, 6) is -0.293. The van der Waals surface area contributed by atoms with Gasteiger partial charge in [-0.3, -0.25) is 20.4 Å². The monoisotopic (exact) mass is 389 g/mol. The van der Waals surface area contributed by atoms with Crippen molar-refractivity contribution < 1.29 is 14.3 Å². The highest BCUT2D eigenvalue weighted by molar-refractivity contribution is 6.02. The van der Waals surface area contributed by atoms with Crippen LogP contribution in [-0.2, 0) is 0 Å². The summed E-state index contributed by atoms with van der Waals surface area (Å²) in [7, 11) is 1.53. The summed E-state index contributed by atoms with van der Waals surface area (Å²) in [4.78, 5) is 25.0. The van der Waals surface area contributed by atoms with Crippen LogP contribution < -0.4 is 20.9 Å². The molecule has 0 saturated heterocycles. The average Bonchev–Trinajstić information content (AvgIpc) is 2.74. The van der Waals surface area contributed by atoms with Gasteiger partial charge in [0.15, 0.2) is 0 Å². The third kappa shape index (κ3) is 4.93. The standard InChI is InChI=1S/C23H23N3O3/c1-15-11-12-20(16(2)13-15)24-21-10-5-4-9-19(21)23(28)26-25-22(27)17-7-6-8-18(14-17)29-3/h4-14,24H,1-3H3,(H,25,27)(H,26,28). The molecule has 0 fully saturated rings. The van der Waals surface area contributed by atoms with Crippen molar-refractivity contribution in [3.05, 3.63) is 89.0 Å². The molecular formula is C23H23N3O3. The zero-order valence-electron chi connectivity index (χ0n) is 16.6. The van der Waals surface area contributed by atoms with E-state index in [2.05, 4.69) is 22.2 Å². The molecule has 0 bridgehead atoms. The van der Waals surface area contributed by atoms with Crippen molar-refractivity contribution >= 4 is 23.2 Å². The van der Waals surface area contributed by atoms with Crippen LogP contribution in [0.4, 0.5) is 11.4 Å². The minimum absolute atomic E-state index is 0.381. The zero-order valence-corrected chi connectivity index (χ0v) is 16.6. The number of hydrogen-bond acceptors (Lipinski definition) is 4. The Balaban J connectivity index is 1.72. The maximum atomic E-state index is 12.7. The number of aryl methyl sites for hydroxylation is 2. The van der Waals surface area contributed by atoms with Crippen molar-refractivity contribution in [1.29, 1.82) is 0 Å². The molecule has 0 aliphatic carbocycles. The Morgan fingerprint density at radius 1 is 0.793 bits per heavy atom. The summed E-state index contributed by atoms with van der Waals surface area (Å²) in [6.07, 6.45) is 0. The van der Waals surface area contributed by atoms with Crippen molar-refractivity contribution in [3.8, 4) is 5.75 Å². The van der Waals surface area contributed by atoms with Crippen molar-refractivity contribution in [3.63, 3.8) is 0 Å². The number of rotatable bonds is 5. The lowest BCUT2D eigenvalue weighted by Crippen LogP contribution is -2.41. The van der Waals surface area contributed by atoms with Crippen molar-refractivity contribution in [2.75, 3.05) is 12.4 Å². The Hall–Kier alpha value is -3.80. The van der Waals surface area contributed by atoms with E-state index in [-0.39, 0.29) is 0 Å². The maximum absolute atomic E-state index is 12.7. The molecule has 29 heavy (non-hydrogen) atoms. The number of hydrogen-bond donors (Lipinski definition) is 3. The third-order valence-corrected chi connectivity index (χ3v) is 4.44. The van der Waals surface area contributed by atoms with Crippen molar-refractivity contribution in [1.82, 2.24) is 10.9 Å². The van der Waals surface area contributed by atoms with E-state index in [4.69, 9.17) is 4.74 Å². The van der Waals surface area contributed by atoms with Gasteiger partial charge in [-0.25, -0.2) is 0 Å². The number of carbonyl (C=O) groups excluding carboxylic acids is 2. The summed E-state index contributed by atoms with van der Waals surface area (Å²) in [6, 6.07) is 19.9. The first-order valence-corrected chi connectivity index (χ1v) is 9.16. The number of para-hydroxylation sites is 1. The number of hydrazine groups is 1. The molecule has 3 rings (SSSR count). The van der Waals surface area contributed by atoms with E-state index in [0.29, 0.717) is 22.6 Å². The summed E-state index contributed by atoms with van der Waals surface area (Å²) in [5, 5.41) is 3.29. The van der Waals surface area contributed by atoms with Gasteiger partial charge in [-0.05, 0) is 55.8 Å². The second kappa shape index (κ2) is 8.93. The zero-order chi connectivity index (χ0) is 20.8. The Kier molecular flexibility index (Phi) is 6.14. The smallest absolute Gasteiger partial charge is 0.271 e. The fourth-order valence-corrected chi connectivity index (χ4v) is 2.91. The molecule has 2 amide bonds. The second-order valence-electron chi connectivity index (χ2n) is 6.63. The number of anilines is 2. The first-order valence-electron chi connectivity index (χ1n) is 9.16. The van der Waals surface area contributed by atoms with Gasteiger partial charge >= 0.3 is 0 Å². The fourth-order valence-electron chi connectivity index (χ4n) is 2.91. The number of carbonyl (C=O) groups is 2. The minimum Gasteiger partial charge on any atom is -0.497 e. The maximum Gasteiger partial charge on any atom is 0.271 e. The van der Waals surface area contributed by atoms with E-state index < -0.39 is 11.8 Å². The average molecular weight is 389 g/mol. The van der Waals surface area contributed by atoms with Crippen LogP contribution in [0.25, 0.3) is 0 Å². The molecule has 3 aromatic rings. The van der Waals surface area contributed by atoms with Gasteiger partial charge in [-0.2, -0.15) is 0 Å². The summed E-state index contributed by atoms with van der Waals surface area (Å²) in [6.45, 7) is 4.04. The molecule has 6 nitrogen and oxygen atoms in total. The van der Waals surface area contributed by atoms with Crippen LogP contribution in [0.1, 0.15) is 31.8 Å². The summed E-state index contributed by atoms with van der Waals surface area (Å²) in [5.41, 5.74) is 9.50. The molecule has 0 aromatic heterocycles. The van der Waals surface area contributed by atoms with Crippen molar-refractivity contribution in [2.24, 2.45) is 0 Å². The van der Waals surface area contributed by atoms with Crippen LogP contribution in [0.5, 0.6) is 5.75 Å². The quantitative estimate of drug-likeness (QED) is 0.573. The van der Waals surface area contributed by atoms with E-state index in [1.807, 2.05) is 38.1 Å². The third-order valence-electron chi connectivity index (χ3n) is 4.44. The van der Waals surface area contributed by atoms with Crippen molar-refractivity contribution in [2.45, 2.75) is 13.8 Å². The first kappa shape index (κ1) is 19.9. The van der Waals surface area contributed by atoms with Gasteiger partial charge in [-0.1, -0.05) is 35.9 Å². The molecule has 0 aliphatic rings.